The summed E-state index contributed by atoms with van der Waals surface area (Å²) in [7, 11) is 5.37. The Balaban J connectivity index is 0.000000235. The minimum absolute atomic E-state index is 0.178. The fourth-order valence-electron chi connectivity index (χ4n) is 4.06. The number of amides is 1. The third-order valence-corrected chi connectivity index (χ3v) is 5.75. The van der Waals surface area contributed by atoms with E-state index in [1.807, 2.05) is 16.8 Å². The third kappa shape index (κ3) is 9.75. The lowest BCUT2D eigenvalue weighted by molar-refractivity contribution is -0.118. The average Bonchev–Trinajstić information content (AvgIpc) is 3.42. The van der Waals surface area contributed by atoms with Crippen LogP contribution in [0.2, 0.25) is 6.32 Å². The number of aromatic nitrogens is 3. The van der Waals surface area contributed by atoms with Gasteiger partial charge in [0.2, 0.25) is 5.91 Å². The molecule has 2 aromatic rings. The second-order valence-electron chi connectivity index (χ2n) is 8.59. The van der Waals surface area contributed by atoms with E-state index in [9.17, 15) is 4.79 Å². The molecule has 1 fully saturated rings. The zero-order chi connectivity index (χ0) is 22.3. The predicted molar refractivity (Wildman–Crippen MR) is 130 cm³/mol. The first kappa shape index (κ1) is 25.2. The van der Waals surface area contributed by atoms with E-state index in [1.165, 1.54) is 51.4 Å². The highest BCUT2D eigenvalue weighted by atomic mass is 16.1. The molecular formula is C24H40BN5O. The maximum absolute atomic E-state index is 10.4. The van der Waals surface area contributed by atoms with Crippen LogP contribution in [0.25, 0.3) is 5.65 Å². The van der Waals surface area contributed by atoms with Crippen molar-refractivity contribution in [3.05, 3.63) is 24.0 Å². The summed E-state index contributed by atoms with van der Waals surface area (Å²) < 4.78 is 1.91. The largest absolute Gasteiger partial charge is 0.370 e. The van der Waals surface area contributed by atoms with Crippen molar-refractivity contribution in [1.29, 1.82) is 0 Å². The van der Waals surface area contributed by atoms with Gasteiger partial charge in [-0.2, -0.15) is 9.61 Å². The number of fused-ring (bicyclic) bond motifs is 1. The fraction of sp³-hybridized carbons (Fsp3) is 0.708. The summed E-state index contributed by atoms with van der Waals surface area (Å²) in [4.78, 5) is 15.0. The maximum Gasteiger partial charge on any atom is 0.217 e. The first-order valence-electron chi connectivity index (χ1n) is 12.2. The maximum atomic E-state index is 10.4. The monoisotopic (exact) mass is 425 g/mol. The van der Waals surface area contributed by atoms with Gasteiger partial charge in [-0.3, -0.25) is 4.79 Å². The Bertz CT molecular complexity index is 758. The van der Waals surface area contributed by atoms with Crippen LogP contribution in [0.5, 0.6) is 0 Å². The highest BCUT2D eigenvalue weighted by molar-refractivity contribution is 6.08. The van der Waals surface area contributed by atoms with E-state index in [0.717, 1.165) is 55.6 Å². The lowest BCUT2D eigenvalue weighted by Gasteiger charge is -2.15. The van der Waals surface area contributed by atoms with Crippen molar-refractivity contribution >= 4 is 25.2 Å². The van der Waals surface area contributed by atoms with Gasteiger partial charge in [0.25, 0.3) is 0 Å². The summed E-state index contributed by atoms with van der Waals surface area (Å²) >= 11 is 0. The molecule has 3 N–H and O–H groups in total. The van der Waals surface area contributed by atoms with Crippen LogP contribution in [0.15, 0.2) is 18.3 Å². The predicted octanol–water partition coefficient (Wildman–Crippen LogP) is 5.22. The van der Waals surface area contributed by atoms with Crippen molar-refractivity contribution < 1.29 is 4.79 Å². The van der Waals surface area contributed by atoms with E-state index in [2.05, 4.69) is 28.4 Å². The van der Waals surface area contributed by atoms with E-state index < -0.39 is 0 Å². The average molecular weight is 425 g/mol. The van der Waals surface area contributed by atoms with Crippen LogP contribution in [-0.4, -0.2) is 34.4 Å². The summed E-state index contributed by atoms with van der Waals surface area (Å²) in [5.74, 6) is 0.920. The minimum atomic E-state index is -0.178. The fourth-order valence-corrected chi connectivity index (χ4v) is 4.06. The third-order valence-electron chi connectivity index (χ3n) is 5.75. The van der Waals surface area contributed by atoms with Crippen molar-refractivity contribution in [2.75, 3.05) is 5.32 Å². The van der Waals surface area contributed by atoms with E-state index in [0.29, 0.717) is 12.5 Å². The smallest absolute Gasteiger partial charge is 0.217 e. The molecule has 1 aliphatic rings. The number of hydrogen-bond donors (Lipinski definition) is 2. The number of carbonyl (C=O) groups is 1. The molecule has 2 heterocycles. The molecule has 2 radical (unpaired) electrons. The molecule has 0 bridgehead atoms. The van der Waals surface area contributed by atoms with Crippen LogP contribution in [0.4, 0.5) is 5.82 Å². The van der Waals surface area contributed by atoms with Gasteiger partial charge in [0, 0.05) is 30.3 Å². The Morgan fingerprint density at radius 2 is 1.84 bits per heavy atom. The second-order valence-corrected chi connectivity index (χ2v) is 8.59. The number of rotatable bonds is 13. The van der Waals surface area contributed by atoms with E-state index in [-0.39, 0.29) is 5.91 Å². The second kappa shape index (κ2) is 14.9. The molecule has 0 aromatic carbocycles. The number of unbranched alkanes of at least 4 members (excludes halogenated alkanes) is 6. The van der Waals surface area contributed by atoms with Crippen molar-refractivity contribution in [2.45, 2.75) is 109 Å². The summed E-state index contributed by atoms with van der Waals surface area (Å²) in [5, 5.41) is 7.98. The Labute approximate surface area is 189 Å². The number of hydrogen-bond acceptors (Lipinski definition) is 4. The van der Waals surface area contributed by atoms with Crippen LogP contribution in [0.3, 0.4) is 0 Å². The van der Waals surface area contributed by atoms with Gasteiger partial charge in [-0.25, -0.2) is 4.98 Å². The van der Waals surface area contributed by atoms with Crippen molar-refractivity contribution in [3.63, 3.8) is 0 Å². The van der Waals surface area contributed by atoms with E-state index in [1.54, 1.807) is 0 Å². The SMILES string of the molecule is CCCc1cc(NC2CCCC2)n2nccc2n1.[B]CCCCCCCCCC(N)=O. The molecule has 1 amide bonds. The molecule has 0 unspecified atom stereocenters. The van der Waals surface area contributed by atoms with Crippen molar-refractivity contribution in [2.24, 2.45) is 5.73 Å². The summed E-state index contributed by atoms with van der Waals surface area (Å²) in [6, 6.07) is 4.73. The molecule has 0 saturated heterocycles. The summed E-state index contributed by atoms with van der Waals surface area (Å²) in [6.45, 7) is 2.19. The molecule has 2 aromatic heterocycles. The zero-order valence-corrected chi connectivity index (χ0v) is 19.3. The molecule has 170 valence electrons. The van der Waals surface area contributed by atoms with Gasteiger partial charge in [-0.05, 0) is 25.7 Å². The van der Waals surface area contributed by atoms with Crippen LogP contribution in [0.1, 0.15) is 96.1 Å². The number of anilines is 1. The van der Waals surface area contributed by atoms with Crippen molar-refractivity contribution in [1.82, 2.24) is 14.6 Å². The molecule has 31 heavy (non-hydrogen) atoms. The van der Waals surface area contributed by atoms with E-state index >= 15 is 0 Å². The number of nitrogens with two attached hydrogens (primary N) is 1. The van der Waals surface area contributed by atoms with Crippen LogP contribution < -0.4 is 11.1 Å². The minimum Gasteiger partial charge on any atom is -0.370 e. The molecule has 3 rings (SSSR count). The number of aryl methyl sites for hydroxylation is 1. The highest BCUT2D eigenvalue weighted by Crippen LogP contribution is 2.23. The van der Waals surface area contributed by atoms with Gasteiger partial charge in [0.1, 0.15) is 5.82 Å². The van der Waals surface area contributed by atoms with Crippen LogP contribution in [0, 0.1) is 0 Å². The van der Waals surface area contributed by atoms with Gasteiger partial charge in [0.15, 0.2) is 5.65 Å². The Morgan fingerprint density at radius 1 is 1.16 bits per heavy atom. The van der Waals surface area contributed by atoms with Gasteiger partial charge in [0.05, 0.1) is 14.0 Å². The number of carbonyl (C=O) groups excluding carboxylic acids is 1. The summed E-state index contributed by atoms with van der Waals surface area (Å²) in [6.07, 6.45) is 18.8. The molecule has 0 aliphatic heterocycles. The normalized spacial score (nSPS) is 13.8. The lowest BCUT2D eigenvalue weighted by Crippen LogP contribution is -2.17. The van der Waals surface area contributed by atoms with Crippen molar-refractivity contribution in [3.8, 4) is 0 Å². The molecule has 1 saturated carbocycles. The topological polar surface area (TPSA) is 85.3 Å². The van der Waals surface area contributed by atoms with Crippen LogP contribution in [-0.2, 0) is 11.2 Å². The Morgan fingerprint density at radius 3 is 2.48 bits per heavy atom. The van der Waals surface area contributed by atoms with Gasteiger partial charge >= 0.3 is 0 Å². The van der Waals surface area contributed by atoms with Crippen LogP contribution >= 0.6 is 0 Å². The first-order chi connectivity index (χ1) is 15.1. The molecule has 0 atom stereocenters. The number of nitrogens with zero attached hydrogens (tertiary/aromatic N) is 3. The zero-order valence-electron chi connectivity index (χ0n) is 19.3. The molecule has 1 aliphatic carbocycles. The highest BCUT2D eigenvalue weighted by Gasteiger charge is 2.16. The molecular weight excluding hydrogens is 385 g/mol. The molecule has 6 nitrogen and oxygen atoms in total. The summed E-state index contributed by atoms with van der Waals surface area (Å²) in [5.41, 5.74) is 7.12. The Kier molecular flexibility index (Phi) is 12.1. The lowest BCUT2D eigenvalue weighted by atomic mass is 9.98. The molecule has 0 spiro atoms. The number of primary amides is 1. The van der Waals surface area contributed by atoms with Gasteiger partial charge in [-0.1, -0.05) is 71.0 Å². The van der Waals surface area contributed by atoms with E-state index in [4.69, 9.17) is 13.6 Å². The molecule has 7 heteroatoms. The Hall–Kier alpha value is -2.05. The van der Waals surface area contributed by atoms with Gasteiger partial charge < -0.3 is 11.1 Å². The standard InChI is InChI=1S/C14H20N4.C10H20BNO/c1-2-5-12-10-14(16-11-6-3-4-7-11)18-13(17-12)8-9-15-18;11-9-7-5-3-1-2-4-6-8-10(12)13/h8-11,16H,2-7H2,1H3;1-9H2,(H2,12,13). The first-order valence-corrected chi connectivity index (χ1v) is 12.2. The number of nitrogens with one attached hydrogen (secondary N) is 1. The quantitative estimate of drug-likeness (QED) is 0.341. The van der Waals surface area contributed by atoms with Gasteiger partial charge in [-0.15, -0.1) is 0 Å².